The summed E-state index contributed by atoms with van der Waals surface area (Å²) in [4.78, 5) is 13.5. The Morgan fingerprint density at radius 3 is 2.56 bits per heavy atom. The number of thioether (sulfide) groups is 1. The third kappa shape index (κ3) is 6.40. The zero-order valence-electron chi connectivity index (χ0n) is 14.5. The summed E-state index contributed by atoms with van der Waals surface area (Å²) in [6, 6.07) is 15.2. The van der Waals surface area contributed by atoms with Crippen LogP contribution in [0.15, 0.2) is 53.4 Å². The lowest BCUT2D eigenvalue weighted by molar-refractivity contribution is 0.0976. The van der Waals surface area contributed by atoms with Gasteiger partial charge >= 0.3 is 0 Å². The van der Waals surface area contributed by atoms with E-state index in [2.05, 4.69) is 22.8 Å². The maximum atomic E-state index is 12.3. The van der Waals surface area contributed by atoms with E-state index in [1.807, 2.05) is 38.3 Å². The van der Waals surface area contributed by atoms with Gasteiger partial charge < -0.3 is 10.1 Å². The Labute approximate surface area is 158 Å². The second kappa shape index (κ2) is 9.44. The van der Waals surface area contributed by atoms with E-state index in [1.54, 1.807) is 30.0 Å². The Balaban J connectivity index is 1.88. The van der Waals surface area contributed by atoms with Gasteiger partial charge in [0.1, 0.15) is 5.75 Å². The van der Waals surface area contributed by atoms with Crippen molar-refractivity contribution in [2.75, 3.05) is 6.26 Å². The highest BCUT2D eigenvalue weighted by atomic mass is 32.2. The molecule has 0 bridgehead atoms. The molecule has 0 radical (unpaired) electrons. The zero-order chi connectivity index (χ0) is 18.2. The van der Waals surface area contributed by atoms with Crippen LogP contribution in [-0.2, 0) is 6.54 Å². The van der Waals surface area contributed by atoms with Crippen LogP contribution in [0.1, 0.15) is 29.8 Å². The van der Waals surface area contributed by atoms with Gasteiger partial charge in [-0.1, -0.05) is 18.2 Å². The minimum absolute atomic E-state index is 0.0542. The summed E-state index contributed by atoms with van der Waals surface area (Å²) in [5.41, 5.74) is 1.60. The zero-order valence-corrected chi connectivity index (χ0v) is 16.2. The summed E-state index contributed by atoms with van der Waals surface area (Å²) in [6.07, 6.45) is 2.10. The molecule has 1 amide bonds. The summed E-state index contributed by atoms with van der Waals surface area (Å²) in [5.74, 6) is 0.403. The molecule has 4 nitrogen and oxygen atoms in total. The number of ether oxygens (including phenoxy) is 1. The van der Waals surface area contributed by atoms with E-state index in [-0.39, 0.29) is 12.0 Å². The van der Waals surface area contributed by atoms with Crippen molar-refractivity contribution in [1.82, 2.24) is 10.6 Å². The fourth-order valence-electron chi connectivity index (χ4n) is 2.13. The first-order valence-electron chi connectivity index (χ1n) is 7.96. The van der Waals surface area contributed by atoms with E-state index < -0.39 is 0 Å². The van der Waals surface area contributed by atoms with Crippen LogP contribution in [0.4, 0.5) is 0 Å². The van der Waals surface area contributed by atoms with Crippen LogP contribution in [0, 0.1) is 0 Å². The molecule has 25 heavy (non-hydrogen) atoms. The van der Waals surface area contributed by atoms with E-state index >= 15 is 0 Å². The van der Waals surface area contributed by atoms with Crippen molar-refractivity contribution in [3.8, 4) is 5.75 Å². The standard InChI is InChI=1S/C19H22N2O2S2/c1-13(2)23-16-6-4-5-15(11-16)18(22)21-19(24)20-12-14-7-9-17(25-3)10-8-14/h4-11,13H,12H2,1-3H3,(H2,20,21,22,24). The summed E-state index contributed by atoms with van der Waals surface area (Å²) in [7, 11) is 0. The van der Waals surface area contributed by atoms with Crippen molar-refractivity contribution in [2.45, 2.75) is 31.4 Å². The van der Waals surface area contributed by atoms with Gasteiger partial charge in [0.05, 0.1) is 6.10 Å². The van der Waals surface area contributed by atoms with Crippen molar-refractivity contribution >= 4 is 35.0 Å². The number of rotatable bonds is 6. The molecule has 0 unspecified atom stereocenters. The molecular weight excluding hydrogens is 352 g/mol. The SMILES string of the molecule is CSc1ccc(CNC(=S)NC(=O)c2cccc(OC(C)C)c2)cc1. The third-order valence-corrected chi connectivity index (χ3v) is 4.30. The first kappa shape index (κ1) is 19.3. The highest BCUT2D eigenvalue weighted by molar-refractivity contribution is 7.98. The van der Waals surface area contributed by atoms with Crippen LogP contribution < -0.4 is 15.4 Å². The molecule has 0 aliphatic heterocycles. The molecule has 2 aromatic rings. The predicted molar refractivity (Wildman–Crippen MR) is 107 cm³/mol. The Morgan fingerprint density at radius 1 is 1.20 bits per heavy atom. The van der Waals surface area contributed by atoms with Crippen LogP contribution in [0.5, 0.6) is 5.75 Å². The van der Waals surface area contributed by atoms with Gasteiger partial charge in [0.2, 0.25) is 0 Å². The molecule has 0 saturated carbocycles. The molecule has 0 aliphatic carbocycles. The highest BCUT2D eigenvalue weighted by Gasteiger charge is 2.09. The van der Waals surface area contributed by atoms with Gasteiger partial charge in [0, 0.05) is 17.0 Å². The highest BCUT2D eigenvalue weighted by Crippen LogP contribution is 2.15. The number of carbonyl (C=O) groups excluding carboxylic acids is 1. The molecule has 132 valence electrons. The number of hydrogen-bond donors (Lipinski definition) is 2. The largest absolute Gasteiger partial charge is 0.491 e. The lowest BCUT2D eigenvalue weighted by Crippen LogP contribution is -2.38. The first-order valence-corrected chi connectivity index (χ1v) is 9.60. The van der Waals surface area contributed by atoms with E-state index in [1.165, 1.54) is 4.90 Å². The van der Waals surface area contributed by atoms with E-state index in [9.17, 15) is 4.79 Å². The smallest absolute Gasteiger partial charge is 0.257 e. The molecule has 0 aromatic heterocycles. The van der Waals surface area contributed by atoms with Crippen molar-refractivity contribution in [2.24, 2.45) is 0 Å². The van der Waals surface area contributed by atoms with Gasteiger partial charge in [-0.3, -0.25) is 10.1 Å². The Morgan fingerprint density at radius 2 is 1.92 bits per heavy atom. The van der Waals surface area contributed by atoms with E-state index in [4.69, 9.17) is 17.0 Å². The normalized spacial score (nSPS) is 10.4. The number of hydrogen-bond acceptors (Lipinski definition) is 4. The van der Waals surface area contributed by atoms with Gasteiger partial charge in [-0.05, 0) is 68.2 Å². The lowest BCUT2D eigenvalue weighted by Gasteiger charge is -2.12. The number of nitrogens with one attached hydrogen (secondary N) is 2. The lowest BCUT2D eigenvalue weighted by atomic mass is 10.2. The van der Waals surface area contributed by atoms with Crippen molar-refractivity contribution < 1.29 is 9.53 Å². The molecule has 2 rings (SSSR count). The molecule has 6 heteroatoms. The van der Waals surface area contributed by atoms with E-state index in [0.717, 1.165) is 5.56 Å². The van der Waals surface area contributed by atoms with Crippen LogP contribution in [0.2, 0.25) is 0 Å². The Kier molecular flexibility index (Phi) is 7.28. The third-order valence-electron chi connectivity index (χ3n) is 3.31. The van der Waals surface area contributed by atoms with Crippen LogP contribution in [0.3, 0.4) is 0 Å². The fourth-order valence-corrected chi connectivity index (χ4v) is 2.70. The maximum absolute atomic E-state index is 12.3. The number of carbonyl (C=O) groups is 1. The molecule has 0 aliphatic rings. The quantitative estimate of drug-likeness (QED) is 0.591. The second-order valence-corrected chi connectivity index (χ2v) is 6.97. The van der Waals surface area contributed by atoms with Crippen LogP contribution >= 0.6 is 24.0 Å². The topological polar surface area (TPSA) is 50.4 Å². The molecule has 0 saturated heterocycles. The van der Waals surface area contributed by atoms with Crippen LogP contribution in [-0.4, -0.2) is 23.4 Å². The van der Waals surface area contributed by atoms with Crippen LogP contribution in [0.25, 0.3) is 0 Å². The molecule has 0 spiro atoms. The first-order chi connectivity index (χ1) is 12.0. The minimum Gasteiger partial charge on any atom is -0.491 e. The molecule has 0 heterocycles. The van der Waals surface area contributed by atoms with Gasteiger partial charge in [0.15, 0.2) is 5.11 Å². The molecule has 2 aromatic carbocycles. The Hall–Kier alpha value is -2.05. The average Bonchev–Trinajstić information content (AvgIpc) is 2.60. The minimum atomic E-state index is -0.260. The van der Waals surface area contributed by atoms with Gasteiger partial charge in [-0.2, -0.15) is 0 Å². The molecular formula is C19H22N2O2S2. The number of thiocarbonyl (C=S) groups is 1. The van der Waals surface area contributed by atoms with Gasteiger partial charge in [-0.25, -0.2) is 0 Å². The summed E-state index contributed by atoms with van der Waals surface area (Å²) >= 11 is 6.90. The van der Waals surface area contributed by atoms with Crippen molar-refractivity contribution in [3.05, 3.63) is 59.7 Å². The Bertz CT molecular complexity index is 730. The van der Waals surface area contributed by atoms with Crippen molar-refractivity contribution in [3.63, 3.8) is 0 Å². The number of benzene rings is 2. The summed E-state index contributed by atoms with van der Waals surface area (Å²) in [6.45, 7) is 4.44. The fraction of sp³-hybridized carbons (Fsp3) is 0.263. The second-order valence-electron chi connectivity index (χ2n) is 5.68. The number of amides is 1. The molecule has 0 atom stereocenters. The van der Waals surface area contributed by atoms with Gasteiger partial charge in [-0.15, -0.1) is 11.8 Å². The summed E-state index contributed by atoms with van der Waals surface area (Å²) < 4.78 is 5.60. The average molecular weight is 375 g/mol. The molecule has 0 fully saturated rings. The molecule has 2 N–H and O–H groups in total. The van der Waals surface area contributed by atoms with E-state index in [0.29, 0.717) is 23.0 Å². The van der Waals surface area contributed by atoms with Crippen molar-refractivity contribution in [1.29, 1.82) is 0 Å². The maximum Gasteiger partial charge on any atom is 0.257 e. The monoisotopic (exact) mass is 374 g/mol. The van der Waals surface area contributed by atoms with Gasteiger partial charge in [0.25, 0.3) is 5.91 Å². The predicted octanol–water partition coefficient (Wildman–Crippen LogP) is 4.00. The summed E-state index contributed by atoms with van der Waals surface area (Å²) in [5, 5.41) is 6.04.